The van der Waals surface area contributed by atoms with E-state index in [1.54, 1.807) is 18.5 Å². The SMILES string of the molecule is CN1CC[C@@H](NC(=O)Nc2cccnc2)C1. The summed E-state index contributed by atoms with van der Waals surface area (Å²) in [5, 5.41) is 5.69. The highest BCUT2D eigenvalue weighted by Crippen LogP contribution is 2.07. The molecule has 0 unspecified atom stereocenters. The molecule has 2 amide bonds. The highest BCUT2D eigenvalue weighted by atomic mass is 16.2. The molecule has 16 heavy (non-hydrogen) atoms. The number of urea groups is 1. The number of likely N-dealkylation sites (N-methyl/N-ethyl adjacent to an activating group) is 1. The van der Waals surface area contributed by atoms with Crippen molar-refractivity contribution >= 4 is 11.7 Å². The number of hydrogen-bond acceptors (Lipinski definition) is 3. The summed E-state index contributed by atoms with van der Waals surface area (Å²) in [4.78, 5) is 17.7. The molecular weight excluding hydrogens is 204 g/mol. The molecule has 5 nitrogen and oxygen atoms in total. The summed E-state index contributed by atoms with van der Waals surface area (Å²) in [5.41, 5.74) is 0.714. The second kappa shape index (κ2) is 4.94. The van der Waals surface area contributed by atoms with Crippen LogP contribution in [0.5, 0.6) is 0 Å². The Balaban J connectivity index is 1.81. The molecule has 86 valence electrons. The van der Waals surface area contributed by atoms with Crippen LogP contribution in [0, 0.1) is 0 Å². The van der Waals surface area contributed by atoms with E-state index in [1.165, 1.54) is 0 Å². The standard InChI is InChI=1S/C11H16N4O/c1-15-6-4-10(8-15)14-11(16)13-9-3-2-5-12-7-9/h2-3,5,7,10H,4,6,8H2,1H3,(H2,13,14,16)/t10-/m1/s1. The molecule has 1 aromatic heterocycles. The van der Waals surface area contributed by atoms with Crippen LogP contribution < -0.4 is 10.6 Å². The minimum atomic E-state index is -0.159. The lowest BCUT2D eigenvalue weighted by Crippen LogP contribution is -2.39. The minimum Gasteiger partial charge on any atom is -0.334 e. The number of rotatable bonds is 2. The van der Waals surface area contributed by atoms with Crippen molar-refractivity contribution in [3.8, 4) is 0 Å². The number of carbonyl (C=O) groups is 1. The normalized spacial score (nSPS) is 20.7. The van der Waals surface area contributed by atoms with E-state index in [9.17, 15) is 4.79 Å². The van der Waals surface area contributed by atoms with Crippen LogP contribution in [0.25, 0.3) is 0 Å². The molecule has 0 bridgehead atoms. The Morgan fingerprint density at radius 1 is 1.62 bits per heavy atom. The molecule has 1 aliphatic rings. The predicted octanol–water partition coefficient (Wildman–Crippen LogP) is 0.907. The number of carbonyl (C=O) groups excluding carboxylic acids is 1. The monoisotopic (exact) mass is 220 g/mol. The maximum absolute atomic E-state index is 11.6. The van der Waals surface area contributed by atoms with E-state index in [2.05, 4.69) is 27.6 Å². The summed E-state index contributed by atoms with van der Waals surface area (Å²) < 4.78 is 0. The van der Waals surface area contributed by atoms with Gasteiger partial charge in [0.25, 0.3) is 0 Å². The molecule has 5 heteroatoms. The highest BCUT2D eigenvalue weighted by Gasteiger charge is 2.20. The smallest absolute Gasteiger partial charge is 0.319 e. The number of aromatic nitrogens is 1. The zero-order chi connectivity index (χ0) is 11.4. The van der Waals surface area contributed by atoms with Crippen molar-refractivity contribution < 1.29 is 4.79 Å². The second-order valence-corrected chi connectivity index (χ2v) is 4.09. The Morgan fingerprint density at radius 2 is 2.50 bits per heavy atom. The first kappa shape index (κ1) is 10.9. The van der Waals surface area contributed by atoms with E-state index in [4.69, 9.17) is 0 Å². The van der Waals surface area contributed by atoms with Crippen molar-refractivity contribution in [3.05, 3.63) is 24.5 Å². The van der Waals surface area contributed by atoms with Crippen LogP contribution in [0.4, 0.5) is 10.5 Å². The number of anilines is 1. The molecule has 0 aliphatic carbocycles. The second-order valence-electron chi connectivity index (χ2n) is 4.09. The zero-order valence-corrected chi connectivity index (χ0v) is 9.31. The van der Waals surface area contributed by atoms with Crippen LogP contribution in [0.1, 0.15) is 6.42 Å². The van der Waals surface area contributed by atoms with Gasteiger partial charge in [-0.25, -0.2) is 4.79 Å². The molecule has 1 aliphatic heterocycles. The van der Waals surface area contributed by atoms with Crippen molar-refractivity contribution in [2.24, 2.45) is 0 Å². The predicted molar refractivity (Wildman–Crippen MR) is 62.3 cm³/mol. The quantitative estimate of drug-likeness (QED) is 0.778. The molecule has 0 spiro atoms. The third kappa shape index (κ3) is 2.93. The van der Waals surface area contributed by atoms with Crippen LogP contribution in [-0.2, 0) is 0 Å². The molecule has 1 aromatic rings. The summed E-state index contributed by atoms with van der Waals surface area (Å²) in [6, 6.07) is 3.70. The average Bonchev–Trinajstić information content (AvgIpc) is 2.65. The number of amides is 2. The molecular formula is C11H16N4O. The lowest BCUT2D eigenvalue weighted by atomic mass is 10.3. The van der Waals surface area contributed by atoms with Gasteiger partial charge < -0.3 is 15.5 Å². The largest absolute Gasteiger partial charge is 0.334 e. The van der Waals surface area contributed by atoms with Crippen molar-refractivity contribution in [1.29, 1.82) is 0 Å². The molecule has 2 heterocycles. The van der Waals surface area contributed by atoms with Crippen LogP contribution in [-0.4, -0.2) is 42.1 Å². The number of hydrogen-bond donors (Lipinski definition) is 2. The molecule has 0 saturated carbocycles. The lowest BCUT2D eigenvalue weighted by Gasteiger charge is -2.13. The third-order valence-corrected chi connectivity index (χ3v) is 2.65. The minimum absolute atomic E-state index is 0.159. The first-order valence-corrected chi connectivity index (χ1v) is 5.40. The zero-order valence-electron chi connectivity index (χ0n) is 9.31. The summed E-state index contributed by atoms with van der Waals surface area (Å²) in [5.74, 6) is 0. The summed E-state index contributed by atoms with van der Waals surface area (Å²) in [6.45, 7) is 1.96. The van der Waals surface area contributed by atoms with Gasteiger partial charge in [0, 0.05) is 18.8 Å². The van der Waals surface area contributed by atoms with Gasteiger partial charge in [-0.1, -0.05) is 0 Å². The fourth-order valence-corrected chi connectivity index (χ4v) is 1.84. The van der Waals surface area contributed by atoms with Gasteiger partial charge in [0.2, 0.25) is 0 Å². The van der Waals surface area contributed by atoms with E-state index in [1.807, 2.05) is 6.07 Å². The van der Waals surface area contributed by atoms with E-state index < -0.39 is 0 Å². The lowest BCUT2D eigenvalue weighted by molar-refractivity contribution is 0.248. The molecule has 1 saturated heterocycles. The maximum Gasteiger partial charge on any atom is 0.319 e. The van der Waals surface area contributed by atoms with Crippen molar-refractivity contribution in [2.75, 3.05) is 25.5 Å². The van der Waals surface area contributed by atoms with Gasteiger partial charge in [-0.05, 0) is 32.1 Å². The fourth-order valence-electron chi connectivity index (χ4n) is 1.84. The fraction of sp³-hybridized carbons (Fsp3) is 0.455. The summed E-state index contributed by atoms with van der Waals surface area (Å²) in [6.07, 6.45) is 4.31. The Kier molecular flexibility index (Phi) is 3.36. The molecule has 2 N–H and O–H groups in total. The van der Waals surface area contributed by atoms with Crippen molar-refractivity contribution in [2.45, 2.75) is 12.5 Å². The molecule has 0 radical (unpaired) electrons. The Bertz CT molecular complexity index is 354. The third-order valence-electron chi connectivity index (χ3n) is 2.65. The molecule has 0 aromatic carbocycles. The van der Waals surface area contributed by atoms with E-state index in [0.29, 0.717) is 5.69 Å². The first-order chi connectivity index (χ1) is 7.74. The number of pyridine rings is 1. The van der Waals surface area contributed by atoms with Gasteiger partial charge in [-0.2, -0.15) is 0 Å². The van der Waals surface area contributed by atoms with Gasteiger partial charge in [0.05, 0.1) is 11.9 Å². The van der Waals surface area contributed by atoms with E-state index >= 15 is 0 Å². The van der Waals surface area contributed by atoms with Crippen molar-refractivity contribution in [3.63, 3.8) is 0 Å². The molecule has 1 atom stereocenters. The Labute approximate surface area is 94.9 Å². The van der Waals surface area contributed by atoms with Gasteiger partial charge in [-0.3, -0.25) is 4.98 Å². The molecule has 1 fully saturated rings. The van der Waals surface area contributed by atoms with Crippen molar-refractivity contribution in [1.82, 2.24) is 15.2 Å². The van der Waals surface area contributed by atoms with Crippen LogP contribution in [0.15, 0.2) is 24.5 Å². The first-order valence-electron chi connectivity index (χ1n) is 5.40. The molecule has 2 rings (SSSR count). The van der Waals surface area contributed by atoms with Gasteiger partial charge >= 0.3 is 6.03 Å². The van der Waals surface area contributed by atoms with Gasteiger partial charge in [0.1, 0.15) is 0 Å². The number of nitrogens with zero attached hydrogens (tertiary/aromatic N) is 2. The number of likely N-dealkylation sites (tertiary alicyclic amines) is 1. The topological polar surface area (TPSA) is 57.3 Å². The Morgan fingerprint density at radius 3 is 3.12 bits per heavy atom. The van der Waals surface area contributed by atoms with Gasteiger partial charge in [-0.15, -0.1) is 0 Å². The van der Waals surface area contributed by atoms with E-state index in [-0.39, 0.29) is 12.1 Å². The van der Waals surface area contributed by atoms with Crippen LogP contribution in [0.3, 0.4) is 0 Å². The van der Waals surface area contributed by atoms with Crippen LogP contribution >= 0.6 is 0 Å². The maximum atomic E-state index is 11.6. The Hall–Kier alpha value is -1.62. The summed E-state index contributed by atoms with van der Waals surface area (Å²) in [7, 11) is 2.06. The van der Waals surface area contributed by atoms with E-state index in [0.717, 1.165) is 19.5 Å². The van der Waals surface area contributed by atoms with Crippen LogP contribution in [0.2, 0.25) is 0 Å². The van der Waals surface area contributed by atoms with Gasteiger partial charge in [0.15, 0.2) is 0 Å². The summed E-state index contributed by atoms with van der Waals surface area (Å²) >= 11 is 0. The number of nitrogens with one attached hydrogen (secondary N) is 2. The average molecular weight is 220 g/mol. The highest BCUT2D eigenvalue weighted by molar-refractivity contribution is 5.89.